The quantitative estimate of drug-likeness (QED) is 0.889. The van der Waals surface area contributed by atoms with Crippen molar-refractivity contribution in [1.82, 2.24) is 0 Å². The summed E-state index contributed by atoms with van der Waals surface area (Å²) in [6.07, 6.45) is 2.88. The Labute approximate surface area is 121 Å². The van der Waals surface area contributed by atoms with Gasteiger partial charge in [0.15, 0.2) is 0 Å². The summed E-state index contributed by atoms with van der Waals surface area (Å²) in [6, 6.07) is 7.34. The van der Waals surface area contributed by atoms with Crippen molar-refractivity contribution in [1.29, 1.82) is 0 Å². The molecule has 0 bridgehead atoms. The molecular formula is C17H25NO2. The van der Waals surface area contributed by atoms with Crippen LogP contribution in [0.5, 0.6) is 5.75 Å². The van der Waals surface area contributed by atoms with E-state index in [9.17, 15) is 9.90 Å². The van der Waals surface area contributed by atoms with Crippen LogP contribution in [0.15, 0.2) is 24.3 Å². The lowest BCUT2D eigenvalue weighted by atomic mass is 9.55. The van der Waals surface area contributed by atoms with E-state index >= 15 is 0 Å². The number of nitrogens with two attached hydrogens (primary N) is 1. The second kappa shape index (κ2) is 5.47. The predicted octanol–water partition coefficient (Wildman–Crippen LogP) is 3.21. The Morgan fingerprint density at radius 2 is 2.15 bits per heavy atom. The van der Waals surface area contributed by atoms with E-state index in [0.717, 1.165) is 24.8 Å². The van der Waals surface area contributed by atoms with E-state index in [-0.39, 0.29) is 23.0 Å². The van der Waals surface area contributed by atoms with Gasteiger partial charge in [-0.3, -0.25) is 4.79 Å². The number of amides is 1. The van der Waals surface area contributed by atoms with Crippen LogP contribution >= 0.6 is 0 Å². The molecule has 20 heavy (non-hydrogen) atoms. The lowest BCUT2D eigenvalue weighted by Gasteiger charge is -2.48. The first-order chi connectivity index (χ1) is 9.37. The van der Waals surface area contributed by atoms with Gasteiger partial charge in [0.1, 0.15) is 5.75 Å². The molecule has 3 heteroatoms. The molecule has 0 aromatic heterocycles. The van der Waals surface area contributed by atoms with E-state index < -0.39 is 0 Å². The van der Waals surface area contributed by atoms with E-state index in [0.29, 0.717) is 11.8 Å². The second-order valence-corrected chi connectivity index (χ2v) is 6.58. The summed E-state index contributed by atoms with van der Waals surface area (Å²) < 4.78 is 0. The lowest BCUT2D eigenvalue weighted by molar-refractivity contribution is -0.127. The number of aromatic hydroxyl groups is 1. The van der Waals surface area contributed by atoms with Crippen LogP contribution in [-0.4, -0.2) is 11.0 Å². The van der Waals surface area contributed by atoms with Gasteiger partial charge in [-0.1, -0.05) is 32.9 Å². The number of carbonyl (C=O) groups is 1. The average Bonchev–Trinajstić information content (AvgIpc) is 2.38. The fourth-order valence-corrected chi connectivity index (χ4v) is 3.93. The number of benzene rings is 1. The maximum atomic E-state index is 12.0. The molecule has 0 radical (unpaired) electrons. The van der Waals surface area contributed by atoms with Gasteiger partial charge in [0.05, 0.1) is 0 Å². The highest BCUT2D eigenvalue weighted by Gasteiger charge is 2.48. The van der Waals surface area contributed by atoms with Crippen LogP contribution in [0.1, 0.15) is 45.6 Å². The van der Waals surface area contributed by atoms with Gasteiger partial charge in [-0.2, -0.15) is 0 Å². The highest BCUT2D eigenvalue weighted by Crippen LogP contribution is 2.50. The summed E-state index contributed by atoms with van der Waals surface area (Å²) in [6.45, 7) is 6.48. The van der Waals surface area contributed by atoms with Crippen molar-refractivity contribution in [3.63, 3.8) is 0 Å². The molecule has 0 aliphatic heterocycles. The van der Waals surface area contributed by atoms with E-state index in [2.05, 4.69) is 20.8 Å². The molecule has 2 rings (SSSR count). The van der Waals surface area contributed by atoms with Gasteiger partial charge in [-0.15, -0.1) is 0 Å². The third-order valence-corrected chi connectivity index (χ3v) is 5.07. The summed E-state index contributed by atoms with van der Waals surface area (Å²) >= 11 is 0. The number of hydrogen-bond acceptors (Lipinski definition) is 2. The number of carbonyl (C=O) groups excluding carboxylic acids is 1. The fourth-order valence-electron chi connectivity index (χ4n) is 3.93. The van der Waals surface area contributed by atoms with Crippen molar-refractivity contribution < 1.29 is 9.90 Å². The number of rotatable bonds is 3. The zero-order chi connectivity index (χ0) is 14.9. The Kier molecular flexibility index (Phi) is 4.07. The SMILES string of the molecule is CC1CCC(c2cccc(O)c2)(C(C)C)C(C(N)=O)C1. The molecule has 110 valence electrons. The number of hydrogen-bond donors (Lipinski definition) is 2. The average molecular weight is 275 g/mol. The van der Waals surface area contributed by atoms with Crippen LogP contribution in [0.2, 0.25) is 0 Å². The third kappa shape index (κ3) is 2.41. The van der Waals surface area contributed by atoms with Crippen LogP contribution < -0.4 is 5.73 Å². The summed E-state index contributed by atoms with van der Waals surface area (Å²) in [4.78, 5) is 12.0. The number of primary amides is 1. The van der Waals surface area contributed by atoms with Crippen LogP contribution in [0, 0.1) is 17.8 Å². The van der Waals surface area contributed by atoms with Gasteiger partial charge in [0, 0.05) is 11.3 Å². The Bertz CT molecular complexity index is 498. The lowest BCUT2D eigenvalue weighted by Crippen LogP contribution is -2.50. The standard InChI is InChI=1S/C17H25NO2/c1-11(2)17(13-5-4-6-14(19)10-13)8-7-12(3)9-15(17)16(18)20/h4-6,10-12,15,19H,7-9H2,1-3H3,(H2,18,20). The van der Waals surface area contributed by atoms with Gasteiger partial charge in [0.25, 0.3) is 0 Å². The number of phenolic OH excluding ortho intramolecular Hbond substituents is 1. The molecule has 1 aromatic carbocycles. The Morgan fingerprint density at radius 3 is 2.70 bits per heavy atom. The zero-order valence-electron chi connectivity index (χ0n) is 12.6. The first kappa shape index (κ1) is 14.9. The number of phenols is 1. The van der Waals surface area contributed by atoms with E-state index in [1.165, 1.54) is 0 Å². The highest BCUT2D eigenvalue weighted by molar-refractivity contribution is 5.79. The minimum atomic E-state index is -0.253. The molecule has 3 nitrogen and oxygen atoms in total. The summed E-state index contributed by atoms with van der Waals surface area (Å²) in [7, 11) is 0. The van der Waals surface area contributed by atoms with Gasteiger partial charge < -0.3 is 10.8 Å². The smallest absolute Gasteiger partial charge is 0.221 e. The van der Waals surface area contributed by atoms with Crippen molar-refractivity contribution in [3.8, 4) is 5.75 Å². The monoisotopic (exact) mass is 275 g/mol. The maximum Gasteiger partial charge on any atom is 0.221 e. The first-order valence-electron chi connectivity index (χ1n) is 7.46. The molecule has 1 aliphatic carbocycles. The first-order valence-corrected chi connectivity index (χ1v) is 7.46. The Hall–Kier alpha value is -1.51. The van der Waals surface area contributed by atoms with E-state index in [1.54, 1.807) is 12.1 Å². The van der Waals surface area contributed by atoms with Gasteiger partial charge >= 0.3 is 0 Å². The summed E-state index contributed by atoms with van der Waals surface area (Å²) in [5.74, 6) is 0.706. The second-order valence-electron chi connectivity index (χ2n) is 6.58. The van der Waals surface area contributed by atoms with Crippen molar-refractivity contribution in [2.45, 2.75) is 45.4 Å². The molecule has 0 heterocycles. The molecule has 3 N–H and O–H groups in total. The fraction of sp³-hybridized carbons (Fsp3) is 0.588. The van der Waals surface area contributed by atoms with Crippen molar-refractivity contribution in [3.05, 3.63) is 29.8 Å². The summed E-state index contributed by atoms with van der Waals surface area (Å²) in [5.41, 5.74) is 6.51. The molecule has 1 fully saturated rings. The third-order valence-electron chi connectivity index (χ3n) is 5.07. The molecule has 1 aliphatic rings. The molecule has 1 amide bonds. The van der Waals surface area contributed by atoms with Crippen LogP contribution in [0.25, 0.3) is 0 Å². The maximum absolute atomic E-state index is 12.0. The van der Waals surface area contributed by atoms with Gasteiger partial charge in [-0.25, -0.2) is 0 Å². The normalized spacial score (nSPS) is 30.4. The van der Waals surface area contributed by atoms with Gasteiger partial charge in [-0.05, 0) is 48.8 Å². The predicted molar refractivity (Wildman–Crippen MR) is 80.3 cm³/mol. The van der Waals surface area contributed by atoms with Crippen molar-refractivity contribution in [2.75, 3.05) is 0 Å². The molecule has 3 unspecified atom stereocenters. The van der Waals surface area contributed by atoms with E-state index in [1.807, 2.05) is 12.1 Å². The van der Waals surface area contributed by atoms with Crippen molar-refractivity contribution >= 4 is 5.91 Å². The molecule has 3 atom stereocenters. The van der Waals surface area contributed by atoms with Crippen LogP contribution in [0.3, 0.4) is 0 Å². The molecule has 1 saturated carbocycles. The van der Waals surface area contributed by atoms with Crippen LogP contribution in [-0.2, 0) is 10.2 Å². The zero-order valence-corrected chi connectivity index (χ0v) is 12.6. The minimum absolute atomic E-state index is 0.159. The molecule has 1 aromatic rings. The molecular weight excluding hydrogens is 250 g/mol. The topological polar surface area (TPSA) is 63.3 Å². The summed E-state index contributed by atoms with van der Waals surface area (Å²) in [5, 5.41) is 9.80. The largest absolute Gasteiger partial charge is 0.508 e. The van der Waals surface area contributed by atoms with Crippen molar-refractivity contribution in [2.24, 2.45) is 23.5 Å². The van der Waals surface area contributed by atoms with E-state index in [4.69, 9.17) is 5.73 Å². The Balaban J connectivity index is 2.55. The molecule has 0 spiro atoms. The Morgan fingerprint density at radius 1 is 1.45 bits per heavy atom. The highest BCUT2D eigenvalue weighted by atomic mass is 16.3. The molecule has 0 saturated heterocycles. The van der Waals surface area contributed by atoms with Gasteiger partial charge in [0.2, 0.25) is 5.91 Å². The van der Waals surface area contributed by atoms with Crippen LogP contribution in [0.4, 0.5) is 0 Å². The minimum Gasteiger partial charge on any atom is -0.508 e.